The number of rotatable bonds is 4. The van der Waals surface area contributed by atoms with Crippen LogP contribution in [0.4, 0.5) is 0 Å². The summed E-state index contributed by atoms with van der Waals surface area (Å²) in [5.41, 5.74) is 3.18. The predicted octanol–water partition coefficient (Wildman–Crippen LogP) is 1.03. The minimum Gasteiger partial charge on any atom is -0.339 e. The SMILES string of the molecule is Cc1ccc(-n2cc3c(n2)CN(CC(=O)N2CCN(C4CCC4)CC2)CC3)nn1. The molecule has 29 heavy (non-hydrogen) atoms. The van der Waals surface area contributed by atoms with Crippen molar-refractivity contribution >= 4 is 5.91 Å². The van der Waals surface area contributed by atoms with E-state index in [0.717, 1.165) is 68.9 Å². The Bertz CT molecular complexity index is 866. The number of hydrogen-bond donors (Lipinski definition) is 0. The molecule has 2 aliphatic heterocycles. The molecule has 0 N–H and O–H groups in total. The molecule has 1 aliphatic carbocycles. The molecule has 0 aromatic carbocycles. The van der Waals surface area contributed by atoms with E-state index in [9.17, 15) is 4.79 Å². The second-order valence-corrected chi connectivity index (χ2v) is 8.54. The minimum atomic E-state index is 0.255. The average molecular weight is 396 g/mol. The van der Waals surface area contributed by atoms with Gasteiger partial charge < -0.3 is 4.90 Å². The highest BCUT2D eigenvalue weighted by molar-refractivity contribution is 5.78. The van der Waals surface area contributed by atoms with Crippen LogP contribution in [0.25, 0.3) is 5.82 Å². The standard InChI is InChI=1S/C21H29N7O/c1-16-5-6-20(23-22-16)28-13-17-7-8-25(14-19(17)24-28)15-21(29)27-11-9-26(10-12-27)18-3-2-4-18/h5-6,13,18H,2-4,7-12,14-15H2,1H3. The predicted molar refractivity (Wildman–Crippen MR) is 109 cm³/mol. The Morgan fingerprint density at radius 3 is 2.62 bits per heavy atom. The lowest BCUT2D eigenvalue weighted by molar-refractivity contribution is -0.135. The number of fused-ring (bicyclic) bond motifs is 1. The Balaban J connectivity index is 1.17. The van der Waals surface area contributed by atoms with Gasteiger partial charge in [0, 0.05) is 51.5 Å². The van der Waals surface area contributed by atoms with Gasteiger partial charge in [0.25, 0.3) is 0 Å². The maximum absolute atomic E-state index is 12.8. The molecule has 2 aromatic heterocycles. The van der Waals surface area contributed by atoms with Crippen LogP contribution in [0, 0.1) is 6.92 Å². The lowest BCUT2D eigenvalue weighted by Crippen LogP contribution is -2.55. The molecule has 1 amide bonds. The Morgan fingerprint density at radius 1 is 1.10 bits per heavy atom. The molecule has 8 heteroatoms. The third-order valence-corrected chi connectivity index (χ3v) is 6.58. The van der Waals surface area contributed by atoms with Crippen LogP contribution in [-0.2, 0) is 17.8 Å². The Kier molecular flexibility index (Phi) is 5.05. The molecule has 0 bridgehead atoms. The van der Waals surface area contributed by atoms with Gasteiger partial charge in [0.1, 0.15) is 0 Å². The summed E-state index contributed by atoms with van der Waals surface area (Å²) in [6.07, 6.45) is 7.01. The number of amides is 1. The quantitative estimate of drug-likeness (QED) is 0.770. The van der Waals surface area contributed by atoms with Crippen LogP contribution in [-0.4, -0.2) is 85.9 Å². The summed E-state index contributed by atoms with van der Waals surface area (Å²) in [5.74, 6) is 0.988. The number of hydrogen-bond acceptors (Lipinski definition) is 6. The number of aromatic nitrogens is 4. The van der Waals surface area contributed by atoms with E-state index in [0.29, 0.717) is 6.54 Å². The summed E-state index contributed by atoms with van der Waals surface area (Å²) < 4.78 is 1.81. The molecule has 1 saturated carbocycles. The van der Waals surface area contributed by atoms with Crippen molar-refractivity contribution in [2.75, 3.05) is 39.3 Å². The molecule has 0 radical (unpaired) electrons. The summed E-state index contributed by atoms with van der Waals surface area (Å²) >= 11 is 0. The number of carbonyl (C=O) groups is 1. The fraction of sp³-hybridized carbons (Fsp3) is 0.619. The van der Waals surface area contributed by atoms with Gasteiger partial charge in [0.05, 0.1) is 17.9 Å². The molecule has 0 atom stereocenters. The maximum atomic E-state index is 12.8. The van der Waals surface area contributed by atoms with Gasteiger partial charge in [0.15, 0.2) is 5.82 Å². The monoisotopic (exact) mass is 395 g/mol. The summed E-state index contributed by atoms with van der Waals surface area (Å²) in [4.78, 5) is 19.7. The van der Waals surface area contributed by atoms with Gasteiger partial charge in [0.2, 0.25) is 5.91 Å². The molecule has 5 rings (SSSR count). The number of piperazine rings is 1. The van der Waals surface area contributed by atoms with Crippen molar-refractivity contribution in [2.24, 2.45) is 0 Å². The van der Waals surface area contributed by atoms with Crippen molar-refractivity contribution in [2.45, 2.75) is 45.2 Å². The van der Waals surface area contributed by atoms with E-state index in [-0.39, 0.29) is 5.91 Å². The van der Waals surface area contributed by atoms with Gasteiger partial charge in [-0.05, 0) is 43.9 Å². The Labute approximate surface area is 171 Å². The van der Waals surface area contributed by atoms with Crippen LogP contribution in [0.2, 0.25) is 0 Å². The zero-order chi connectivity index (χ0) is 19.8. The summed E-state index contributed by atoms with van der Waals surface area (Å²) in [5, 5.41) is 13.0. The molecular weight excluding hydrogens is 366 g/mol. The van der Waals surface area contributed by atoms with Gasteiger partial charge in [-0.25, -0.2) is 4.68 Å². The summed E-state index contributed by atoms with van der Waals surface area (Å²) in [6.45, 7) is 7.82. The highest BCUT2D eigenvalue weighted by Crippen LogP contribution is 2.25. The van der Waals surface area contributed by atoms with Gasteiger partial charge in [-0.3, -0.25) is 14.6 Å². The van der Waals surface area contributed by atoms with Crippen molar-refractivity contribution in [1.29, 1.82) is 0 Å². The van der Waals surface area contributed by atoms with Crippen LogP contribution >= 0.6 is 0 Å². The average Bonchev–Trinajstić information content (AvgIpc) is 3.11. The molecule has 8 nitrogen and oxygen atoms in total. The van der Waals surface area contributed by atoms with Gasteiger partial charge in [-0.15, -0.1) is 5.10 Å². The van der Waals surface area contributed by atoms with E-state index < -0.39 is 0 Å². The third-order valence-electron chi connectivity index (χ3n) is 6.58. The number of nitrogens with zero attached hydrogens (tertiary/aromatic N) is 7. The normalized spacial score (nSPS) is 21.1. The van der Waals surface area contributed by atoms with E-state index in [1.54, 1.807) is 0 Å². The molecular formula is C21H29N7O. The smallest absolute Gasteiger partial charge is 0.236 e. The van der Waals surface area contributed by atoms with E-state index in [4.69, 9.17) is 5.10 Å². The van der Waals surface area contributed by atoms with Crippen LogP contribution in [0.15, 0.2) is 18.3 Å². The zero-order valence-electron chi connectivity index (χ0n) is 17.1. The number of carbonyl (C=O) groups excluding carboxylic acids is 1. The summed E-state index contributed by atoms with van der Waals surface area (Å²) in [6, 6.07) is 4.66. The van der Waals surface area contributed by atoms with E-state index >= 15 is 0 Å². The summed E-state index contributed by atoms with van der Waals surface area (Å²) in [7, 11) is 0. The molecule has 3 aliphatic rings. The van der Waals surface area contributed by atoms with Crippen LogP contribution < -0.4 is 0 Å². The second kappa shape index (κ2) is 7.84. The van der Waals surface area contributed by atoms with Gasteiger partial charge >= 0.3 is 0 Å². The topological polar surface area (TPSA) is 70.4 Å². The van der Waals surface area contributed by atoms with Crippen molar-refractivity contribution in [3.8, 4) is 5.82 Å². The highest BCUT2D eigenvalue weighted by atomic mass is 16.2. The zero-order valence-corrected chi connectivity index (χ0v) is 17.1. The lowest BCUT2D eigenvalue weighted by Gasteiger charge is -2.43. The first-order valence-corrected chi connectivity index (χ1v) is 10.8. The number of aryl methyl sites for hydroxylation is 1. The fourth-order valence-electron chi connectivity index (χ4n) is 4.50. The molecule has 2 fully saturated rings. The molecule has 0 spiro atoms. The first-order valence-electron chi connectivity index (χ1n) is 10.8. The first kappa shape index (κ1) is 18.7. The van der Waals surface area contributed by atoms with Gasteiger partial charge in [-0.2, -0.15) is 10.2 Å². The van der Waals surface area contributed by atoms with Gasteiger partial charge in [-0.1, -0.05) is 6.42 Å². The maximum Gasteiger partial charge on any atom is 0.236 e. The first-order chi connectivity index (χ1) is 14.2. The van der Waals surface area contributed by atoms with Crippen LogP contribution in [0.5, 0.6) is 0 Å². The van der Waals surface area contributed by atoms with Crippen LogP contribution in [0.1, 0.15) is 36.2 Å². The minimum absolute atomic E-state index is 0.255. The van der Waals surface area contributed by atoms with Crippen molar-refractivity contribution in [3.63, 3.8) is 0 Å². The third kappa shape index (κ3) is 3.91. The molecule has 1 saturated heterocycles. The molecule has 4 heterocycles. The fourth-order valence-corrected chi connectivity index (χ4v) is 4.50. The molecule has 2 aromatic rings. The van der Waals surface area contributed by atoms with E-state index in [1.165, 1.54) is 24.8 Å². The highest BCUT2D eigenvalue weighted by Gasteiger charge is 2.30. The van der Waals surface area contributed by atoms with Crippen molar-refractivity contribution in [1.82, 2.24) is 34.7 Å². The van der Waals surface area contributed by atoms with E-state index in [1.807, 2.05) is 34.8 Å². The lowest BCUT2D eigenvalue weighted by atomic mass is 9.91. The Morgan fingerprint density at radius 2 is 1.93 bits per heavy atom. The van der Waals surface area contributed by atoms with Crippen LogP contribution in [0.3, 0.4) is 0 Å². The largest absolute Gasteiger partial charge is 0.339 e. The molecule has 154 valence electrons. The van der Waals surface area contributed by atoms with E-state index in [2.05, 4.69) is 20.0 Å². The molecule has 0 unspecified atom stereocenters. The Hall–Kier alpha value is -2.32. The van der Waals surface area contributed by atoms with Crippen molar-refractivity contribution in [3.05, 3.63) is 35.3 Å². The second-order valence-electron chi connectivity index (χ2n) is 8.54. The van der Waals surface area contributed by atoms with Crippen molar-refractivity contribution < 1.29 is 4.79 Å².